The van der Waals surface area contributed by atoms with Gasteiger partial charge in [0, 0.05) is 6.92 Å². The molecule has 0 saturated carbocycles. The van der Waals surface area contributed by atoms with Crippen LogP contribution in [-0.4, -0.2) is 66.5 Å². The average molecular weight is 599 g/mol. The van der Waals surface area contributed by atoms with Crippen LogP contribution in [0.4, 0.5) is 0 Å². The van der Waals surface area contributed by atoms with Gasteiger partial charge in [-0.2, -0.15) is 8.42 Å². The van der Waals surface area contributed by atoms with E-state index in [4.69, 9.17) is 18.4 Å². The van der Waals surface area contributed by atoms with Crippen molar-refractivity contribution in [2.24, 2.45) is 0 Å². The van der Waals surface area contributed by atoms with Gasteiger partial charge in [0.05, 0.1) is 24.7 Å². The van der Waals surface area contributed by atoms with Crippen LogP contribution >= 0.6 is 0 Å². The summed E-state index contributed by atoms with van der Waals surface area (Å²) in [5, 5.41) is 23.3. The molecule has 1 aliphatic rings. The summed E-state index contributed by atoms with van der Waals surface area (Å²) >= 11 is 0. The van der Waals surface area contributed by atoms with Crippen molar-refractivity contribution in [2.45, 2.75) is 62.0 Å². The minimum atomic E-state index is -4.41. The minimum absolute atomic E-state index is 0.0130. The van der Waals surface area contributed by atoms with E-state index in [0.29, 0.717) is 5.56 Å². The maximum Gasteiger partial charge on any atom is 0.297 e. The van der Waals surface area contributed by atoms with Gasteiger partial charge in [0.15, 0.2) is 11.6 Å². The fourth-order valence-corrected chi connectivity index (χ4v) is 5.85. The first-order valence-corrected chi connectivity index (χ1v) is 14.7. The molecule has 3 aromatic carbocycles. The highest BCUT2D eigenvalue weighted by molar-refractivity contribution is 7.86. The molecular weight excluding hydrogens is 564 g/mol. The quantitative estimate of drug-likeness (QED) is 0.282. The maximum atomic E-state index is 13.2. The van der Waals surface area contributed by atoms with Gasteiger partial charge in [0.25, 0.3) is 15.9 Å². The molecule has 1 saturated heterocycles. The zero-order chi connectivity index (χ0) is 30.6. The minimum Gasteiger partial charge on any atom is -0.374 e. The molecule has 4 rings (SSSR count). The van der Waals surface area contributed by atoms with Gasteiger partial charge in [-0.15, -0.1) is 0 Å². The second kappa shape index (κ2) is 12.5. The van der Waals surface area contributed by atoms with Crippen molar-refractivity contribution in [3.63, 3.8) is 0 Å². The first-order valence-electron chi connectivity index (χ1n) is 13.2. The molecule has 0 amide bonds. The maximum absolute atomic E-state index is 13.2. The van der Waals surface area contributed by atoms with Gasteiger partial charge in [0.2, 0.25) is 5.60 Å². The summed E-state index contributed by atoms with van der Waals surface area (Å²) in [5.41, 5.74) is -2.88. The Hall–Kier alpha value is -3.29. The highest BCUT2D eigenvalue weighted by atomic mass is 32.2. The number of hydrogen-bond acceptors (Lipinski definition) is 10. The molecule has 4 atom stereocenters. The third kappa shape index (κ3) is 6.23. The monoisotopic (exact) mass is 598 g/mol. The fourth-order valence-electron chi connectivity index (χ4n) is 4.89. The number of ketones is 2. The highest BCUT2D eigenvalue weighted by Crippen LogP contribution is 2.48. The Morgan fingerprint density at radius 2 is 1.36 bits per heavy atom. The molecule has 0 unspecified atom stereocenters. The molecule has 1 fully saturated rings. The van der Waals surface area contributed by atoms with Crippen LogP contribution in [-0.2, 0) is 51.3 Å². The Bertz CT molecular complexity index is 1490. The van der Waals surface area contributed by atoms with Gasteiger partial charge in [-0.05, 0) is 37.1 Å². The van der Waals surface area contributed by atoms with E-state index in [9.17, 15) is 28.2 Å². The van der Waals surface area contributed by atoms with E-state index in [-0.39, 0.29) is 18.1 Å². The lowest BCUT2D eigenvalue weighted by molar-refractivity contribution is -0.263. The first-order chi connectivity index (χ1) is 19.8. The topological polar surface area (TPSA) is 146 Å². The zero-order valence-corrected chi connectivity index (χ0v) is 24.4. The van der Waals surface area contributed by atoms with Crippen molar-refractivity contribution in [3.05, 3.63) is 102 Å². The van der Waals surface area contributed by atoms with Crippen LogP contribution < -0.4 is 0 Å². The SMILES string of the molecule is CC(=O)[C@]1(O)O[C@@](COCc2ccccc2)(COS(=O)(=O)c2ccc(C)cc2)[C@@H](OCc2ccccc2)[C@]1(O)C(C)=O. The molecule has 3 aromatic rings. The summed E-state index contributed by atoms with van der Waals surface area (Å²) in [6, 6.07) is 23.7. The standard InChI is InChI=1S/C31H34O10S/c1-22-14-16-27(17-15-22)42(36,37)40-21-29(20-38-18-25-10-6-4-7-11-25)28(39-19-26-12-8-5-9-13-26)30(34,23(2)32)31(35,41-29)24(3)33/h4-17,28,34-35H,18-21H2,1-3H3/t28-,29+,30-,31+/m1/s1. The first kappa shape index (κ1) is 31.6. The number of benzene rings is 3. The fraction of sp³-hybridized carbons (Fsp3) is 0.355. The summed E-state index contributed by atoms with van der Waals surface area (Å²) in [7, 11) is -4.41. The van der Waals surface area contributed by atoms with Crippen molar-refractivity contribution < 1.29 is 46.6 Å². The van der Waals surface area contributed by atoms with Gasteiger partial charge >= 0.3 is 0 Å². The Labute approximate surface area is 244 Å². The molecule has 224 valence electrons. The molecule has 42 heavy (non-hydrogen) atoms. The Kier molecular flexibility index (Phi) is 9.43. The third-order valence-corrected chi connectivity index (χ3v) is 8.50. The molecular formula is C31H34O10S. The van der Waals surface area contributed by atoms with Crippen molar-refractivity contribution >= 4 is 21.7 Å². The van der Waals surface area contributed by atoms with E-state index in [1.807, 2.05) is 6.07 Å². The number of Topliss-reactive ketones (excluding diaryl/α,β-unsaturated/α-hetero) is 2. The molecule has 10 nitrogen and oxygen atoms in total. The van der Waals surface area contributed by atoms with Crippen LogP contribution in [0.1, 0.15) is 30.5 Å². The number of hydrogen-bond donors (Lipinski definition) is 2. The van der Waals surface area contributed by atoms with E-state index in [2.05, 4.69) is 0 Å². The van der Waals surface area contributed by atoms with E-state index in [1.54, 1.807) is 73.7 Å². The lowest BCUT2D eigenvalue weighted by Crippen LogP contribution is -2.65. The predicted octanol–water partition coefficient (Wildman–Crippen LogP) is 2.87. The van der Waals surface area contributed by atoms with Crippen LogP contribution in [0.3, 0.4) is 0 Å². The van der Waals surface area contributed by atoms with Crippen molar-refractivity contribution in [1.29, 1.82) is 0 Å². The van der Waals surface area contributed by atoms with Gasteiger partial charge < -0.3 is 24.4 Å². The molecule has 2 N–H and O–H groups in total. The van der Waals surface area contributed by atoms with Crippen molar-refractivity contribution in [1.82, 2.24) is 0 Å². The Balaban J connectivity index is 1.77. The van der Waals surface area contributed by atoms with Gasteiger partial charge in [-0.1, -0.05) is 78.4 Å². The zero-order valence-electron chi connectivity index (χ0n) is 23.6. The average Bonchev–Trinajstić information content (AvgIpc) is 3.17. The highest BCUT2D eigenvalue weighted by Gasteiger charge is 2.76. The lowest BCUT2D eigenvalue weighted by Gasteiger charge is -2.36. The molecule has 1 heterocycles. The second-order valence-electron chi connectivity index (χ2n) is 10.4. The molecule has 0 aliphatic carbocycles. The normalized spacial score (nSPS) is 25.8. The number of rotatable bonds is 13. The van der Waals surface area contributed by atoms with Crippen molar-refractivity contribution in [3.8, 4) is 0 Å². The van der Waals surface area contributed by atoms with Crippen LogP contribution in [0.25, 0.3) is 0 Å². The number of carbonyl (C=O) groups excluding carboxylic acids is 2. The van der Waals surface area contributed by atoms with Crippen LogP contribution in [0.2, 0.25) is 0 Å². The number of ether oxygens (including phenoxy) is 3. The third-order valence-electron chi connectivity index (χ3n) is 7.22. The predicted molar refractivity (Wildman–Crippen MR) is 151 cm³/mol. The molecule has 1 aliphatic heterocycles. The van der Waals surface area contributed by atoms with Crippen LogP contribution in [0, 0.1) is 6.92 Å². The van der Waals surface area contributed by atoms with Gasteiger partial charge in [-0.25, -0.2) is 0 Å². The number of carbonyl (C=O) groups is 2. The van der Waals surface area contributed by atoms with E-state index in [0.717, 1.165) is 25.0 Å². The van der Waals surface area contributed by atoms with Gasteiger partial charge in [0.1, 0.15) is 18.3 Å². The Morgan fingerprint density at radius 3 is 1.88 bits per heavy atom. The Morgan fingerprint density at radius 1 is 0.810 bits per heavy atom. The van der Waals surface area contributed by atoms with Crippen LogP contribution in [0.5, 0.6) is 0 Å². The molecule has 0 aromatic heterocycles. The van der Waals surface area contributed by atoms with E-state index in [1.165, 1.54) is 12.1 Å². The van der Waals surface area contributed by atoms with E-state index < -0.39 is 58.0 Å². The molecule has 0 spiro atoms. The number of aryl methyl sites for hydroxylation is 1. The number of aliphatic hydroxyl groups is 2. The summed E-state index contributed by atoms with van der Waals surface area (Å²) in [6.07, 6.45) is -1.81. The largest absolute Gasteiger partial charge is 0.374 e. The van der Waals surface area contributed by atoms with Crippen LogP contribution in [0.15, 0.2) is 89.8 Å². The lowest BCUT2D eigenvalue weighted by atomic mass is 9.79. The summed E-state index contributed by atoms with van der Waals surface area (Å²) in [4.78, 5) is 25.7. The van der Waals surface area contributed by atoms with Gasteiger partial charge in [-0.3, -0.25) is 13.8 Å². The molecule has 11 heteroatoms. The summed E-state index contributed by atoms with van der Waals surface area (Å²) in [5.74, 6) is -5.24. The van der Waals surface area contributed by atoms with Crippen molar-refractivity contribution in [2.75, 3.05) is 13.2 Å². The smallest absolute Gasteiger partial charge is 0.297 e. The second-order valence-corrected chi connectivity index (χ2v) is 12.0. The molecule has 0 bridgehead atoms. The summed E-state index contributed by atoms with van der Waals surface area (Å²) < 4.78 is 49.6. The van der Waals surface area contributed by atoms with E-state index >= 15 is 0 Å². The summed E-state index contributed by atoms with van der Waals surface area (Å²) in [6.45, 7) is 2.12. The molecule has 0 radical (unpaired) electrons.